The SMILES string of the molecule is CCc1cc(OCCc2nc(-c3ccccc3F)oc2C)ccc1CCC(=O)O. The van der Waals surface area contributed by atoms with Gasteiger partial charge >= 0.3 is 5.97 Å². The zero-order chi connectivity index (χ0) is 20.8. The number of aryl methyl sites for hydroxylation is 3. The molecule has 1 N–H and O–H groups in total. The number of aromatic nitrogens is 1. The lowest BCUT2D eigenvalue weighted by Crippen LogP contribution is -2.04. The molecule has 0 saturated carbocycles. The van der Waals surface area contributed by atoms with Crippen molar-refractivity contribution in [3.8, 4) is 17.2 Å². The minimum absolute atomic E-state index is 0.114. The Balaban J connectivity index is 1.63. The molecular formula is C23H24FNO4. The van der Waals surface area contributed by atoms with E-state index in [0.717, 1.165) is 29.0 Å². The van der Waals surface area contributed by atoms with Crippen LogP contribution >= 0.6 is 0 Å². The number of nitrogens with zero attached hydrogens (tertiary/aromatic N) is 1. The second kappa shape index (κ2) is 9.37. The molecule has 1 heterocycles. The van der Waals surface area contributed by atoms with Crippen LogP contribution in [-0.4, -0.2) is 22.7 Å². The van der Waals surface area contributed by atoms with Gasteiger partial charge in [0.1, 0.15) is 17.3 Å². The molecule has 0 amide bonds. The first-order valence-corrected chi connectivity index (χ1v) is 9.65. The third-order valence-electron chi connectivity index (χ3n) is 4.77. The van der Waals surface area contributed by atoms with Crippen LogP contribution in [0.2, 0.25) is 0 Å². The van der Waals surface area contributed by atoms with Crippen molar-refractivity contribution in [2.75, 3.05) is 6.61 Å². The Bertz CT molecular complexity index is 996. The van der Waals surface area contributed by atoms with Crippen molar-refractivity contribution in [3.05, 3.63) is 70.9 Å². The Morgan fingerprint density at radius 1 is 1.17 bits per heavy atom. The Labute approximate surface area is 169 Å². The lowest BCUT2D eigenvalue weighted by atomic mass is 10.0. The Hall–Kier alpha value is -3.15. The molecule has 5 nitrogen and oxygen atoms in total. The van der Waals surface area contributed by atoms with Crippen molar-refractivity contribution >= 4 is 5.97 Å². The minimum atomic E-state index is -0.801. The van der Waals surface area contributed by atoms with E-state index in [1.165, 1.54) is 6.07 Å². The van der Waals surface area contributed by atoms with Gasteiger partial charge in [0.05, 0.1) is 17.9 Å². The highest BCUT2D eigenvalue weighted by molar-refractivity contribution is 5.67. The number of benzene rings is 2. The van der Waals surface area contributed by atoms with E-state index in [2.05, 4.69) is 4.98 Å². The molecule has 29 heavy (non-hydrogen) atoms. The summed E-state index contributed by atoms with van der Waals surface area (Å²) in [5.74, 6) is 0.477. The number of oxazole rings is 1. The van der Waals surface area contributed by atoms with Crippen molar-refractivity contribution in [3.63, 3.8) is 0 Å². The topological polar surface area (TPSA) is 72.6 Å². The summed E-state index contributed by atoms with van der Waals surface area (Å²) in [6, 6.07) is 12.1. The molecule has 0 atom stereocenters. The molecule has 0 unspecified atom stereocenters. The number of rotatable bonds is 9. The Morgan fingerprint density at radius 3 is 2.69 bits per heavy atom. The highest BCUT2D eigenvalue weighted by Crippen LogP contribution is 2.25. The summed E-state index contributed by atoms with van der Waals surface area (Å²) in [6.45, 7) is 4.24. The number of hydrogen-bond donors (Lipinski definition) is 1. The average molecular weight is 397 g/mol. The fourth-order valence-corrected chi connectivity index (χ4v) is 3.18. The first-order valence-electron chi connectivity index (χ1n) is 9.65. The molecule has 1 aromatic heterocycles. The summed E-state index contributed by atoms with van der Waals surface area (Å²) < 4.78 is 25.4. The maximum absolute atomic E-state index is 13.9. The van der Waals surface area contributed by atoms with Crippen molar-refractivity contribution in [2.45, 2.75) is 39.5 Å². The molecule has 0 saturated heterocycles. The lowest BCUT2D eigenvalue weighted by molar-refractivity contribution is -0.136. The van der Waals surface area contributed by atoms with Crippen molar-refractivity contribution in [2.24, 2.45) is 0 Å². The van der Waals surface area contributed by atoms with Gasteiger partial charge in [0.2, 0.25) is 5.89 Å². The molecule has 0 aliphatic carbocycles. The predicted octanol–water partition coefficient (Wildman–Crippen LogP) is 4.99. The maximum Gasteiger partial charge on any atom is 0.303 e. The first kappa shape index (κ1) is 20.6. The zero-order valence-electron chi connectivity index (χ0n) is 16.6. The van der Waals surface area contributed by atoms with E-state index in [1.807, 2.05) is 25.1 Å². The van der Waals surface area contributed by atoms with Crippen molar-refractivity contribution in [1.29, 1.82) is 0 Å². The first-order chi connectivity index (χ1) is 14.0. The summed E-state index contributed by atoms with van der Waals surface area (Å²) in [6.07, 6.45) is 1.96. The van der Waals surface area contributed by atoms with E-state index in [4.69, 9.17) is 14.3 Å². The molecule has 0 spiro atoms. The van der Waals surface area contributed by atoms with Crippen LogP contribution in [0.25, 0.3) is 11.5 Å². The number of halogens is 1. The highest BCUT2D eigenvalue weighted by atomic mass is 19.1. The van der Waals surface area contributed by atoms with Gasteiger partial charge in [-0.3, -0.25) is 4.79 Å². The molecule has 0 radical (unpaired) electrons. The van der Waals surface area contributed by atoms with Crippen LogP contribution in [0.15, 0.2) is 46.9 Å². The highest BCUT2D eigenvalue weighted by Gasteiger charge is 2.14. The van der Waals surface area contributed by atoms with Gasteiger partial charge in [0, 0.05) is 12.8 Å². The van der Waals surface area contributed by atoms with Crippen LogP contribution in [0, 0.1) is 12.7 Å². The second-order valence-electron chi connectivity index (χ2n) is 6.78. The van der Waals surface area contributed by atoms with Gasteiger partial charge in [0.15, 0.2) is 0 Å². The van der Waals surface area contributed by atoms with Gasteiger partial charge in [-0.15, -0.1) is 0 Å². The molecule has 152 valence electrons. The molecule has 6 heteroatoms. The molecule has 0 bridgehead atoms. The second-order valence-corrected chi connectivity index (χ2v) is 6.78. The molecule has 2 aromatic carbocycles. The summed E-state index contributed by atoms with van der Waals surface area (Å²) in [4.78, 5) is 15.2. The molecule has 3 aromatic rings. The minimum Gasteiger partial charge on any atom is -0.493 e. The summed E-state index contributed by atoms with van der Waals surface area (Å²) in [5.41, 5.74) is 3.19. The van der Waals surface area contributed by atoms with Crippen LogP contribution in [-0.2, 0) is 24.1 Å². The third-order valence-corrected chi connectivity index (χ3v) is 4.77. The van der Waals surface area contributed by atoms with Crippen molar-refractivity contribution in [1.82, 2.24) is 4.98 Å². The van der Waals surface area contributed by atoms with Crippen LogP contribution < -0.4 is 4.74 Å². The monoisotopic (exact) mass is 397 g/mol. The predicted molar refractivity (Wildman–Crippen MR) is 108 cm³/mol. The number of carboxylic acid groups (broad SMARTS) is 1. The van der Waals surface area contributed by atoms with Crippen LogP contribution in [0.5, 0.6) is 5.75 Å². The standard InChI is InChI=1S/C23H24FNO4/c1-3-16-14-18(10-8-17(16)9-11-22(26)27)28-13-12-21-15(2)29-23(25-21)19-6-4-5-7-20(19)24/h4-8,10,14H,3,9,11-13H2,1-2H3,(H,26,27). The van der Waals surface area contributed by atoms with E-state index in [1.54, 1.807) is 25.1 Å². The summed E-state index contributed by atoms with van der Waals surface area (Å²) >= 11 is 0. The Kier molecular flexibility index (Phi) is 6.65. The van der Waals surface area contributed by atoms with E-state index in [-0.39, 0.29) is 18.1 Å². The fraction of sp³-hybridized carbons (Fsp3) is 0.304. The lowest BCUT2D eigenvalue weighted by Gasteiger charge is -2.11. The normalized spacial score (nSPS) is 10.9. The third kappa shape index (κ3) is 5.22. The quantitative estimate of drug-likeness (QED) is 0.551. The number of aliphatic carboxylic acids is 1. The maximum atomic E-state index is 13.9. The fourth-order valence-electron chi connectivity index (χ4n) is 3.18. The number of carbonyl (C=O) groups is 1. The smallest absolute Gasteiger partial charge is 0.303 e. The number of carboxylic acids is 1. The van der Waals surface area contributed by atoms with Crippen LogP contribution in [0.3, 0.4) is 0 Å². The van der Waals surface area contributed by atoms with Gasteiger partial charge in [-0.1, -0.05) is 25.1 Å². The van der Waals surface area contributed by atoms with E-state index >= 15 is 0 Å². The van der Waals surface area contributed by atoms with Gasteiger partial charge in [0.25, 0.3) is 0 Å². The van der Waals surface area contributed by atoms with Gasteiger partial charge < -0.3 is 14.3 Å². The van der Waals surface area contributed by atoms with Gasteiger partial charge in [-0.2, -0.15) is 0 Å². The molecule has 0 aliphatic rings. The molecule has 0 fully saturated rings. The average Bonchev–Trinajstić information content (AvgIpc) is 3.07. The number of hydrogen-bond acceptors (Lipinski definition) is 4. The van der Waals surface area contributed by atoms with E-state index in [0.29, 0.717) is 30.8 Å². The molecule has 0 aliphatic heterocycles. The van der Waals surface area contributed by atoms with Crippen molar-refractivity contribution < 1.29 is 23.4 Å². The molecule has 3 rings (SSSR count). The Morgan fingerprint density at radius 2 is 1.97 bits per heavy atom. The molecular weight excluding hydrogens is 373 g/mol. The van der Waals surface area contributed by atoms with Gasteiger partial charge in [-0.05, 0) is 55.2 Å². The van der Waals surface area contributed by atoms with Gasteiger partial charge in [-0.25, -0.2) is 9.37 Å². The van der Waals surface area contributed by atoms with Crippen LogP contribution in [0.1, 0.15) is 35.9 Å². The summed E-state index contributed by atoms with van der Waals surface area (Å²) in [7, 11) is 0. The largest absolute Gasteiger partial charge is 0.493 e. The van der Waals surface area contributed by atoms with E-state index < -0.39 is 5.97 Å². The number of ether oxygens (including phenoxy) is 1. The van der Waals surface area contributed by atoms with E-state index in [9.17, 15) is 9.18 Å². The summed E-state index contributed by atoms with van der Waals surface area (Å²) in [5, 5.41) is 8.87. The zero-order valence-corrected chi connectivity index (χ0v) is 16.6. The van der Waals surface area contributed by atoms with Crippen LogP contribution in [0.4, 0.5) is 4.39 Å².